The average molecular weight is 815 g/mol. The fourth-order valence-corrected chi connectivity index (χ4v) is 9.75. The van der Waals surface area contributed by atoms with E-state index in [1.165, 1.54) is 76.1 Å². The lowest BCUT2D eigenvalue weighted by Crippen LogP contribution is -2.11. The van der Waals surface area contributed by atoms with Crippen molar-refractivity contribution in [3.63, 3.8) is 0 Å². The van der Waals surface area contributed by atoms with Crippen LogP contribution >= 0.6 is 0 Å². The Kier molecular flexibility index (Phi) is 9.20. The molecule has 0 saturated carbocycles. The van der Waals surface area contributed by atoms with E-state index in [2.05, 4.69) is 265 Å². The van der Waals surface area contributed by atoms with E-state index in [1.807, 2.05) is 0 Å². The molecule has 0 aliphatic carbocycles. The van der Waals surface area contributed by atoms with Gasteiger partial charge in [0.25, 0.3) is 0 Å². The van der Waals surface area contributed by atoms with Crippen molar-refractivity contribution < 1.29 is 0 Å². The third-order valence-electron chi connectivity index (χ3n) is 12.8. The third-order valence-corrected chi connectivity index (χ3v) is 12.8. The first kappa shape index (κ1) is 37.3. The van der Waals surface area contributed by atoms with Crippen LogP contribution in [0.1, 0.15) is 0 Å². The van der Waals surface area contributed by atoms with E-state index in [9.17, 15) is 0 Å². The fourth-order valence-electron chi connectivity index (χ4n) is 9.75. The molecule has 0 spiro atoms. The second kappa shape index (κ2) is 15.8. The van der Waals surface area contributed by atoms with Crippen LogP contribution in [0, 0.1) is 0 Å². The van der Waals surface area contributed by atoms with Crippen LogP contribution < -0.4 is 9.80 Å². The Bertz CT molecular complexity index is 3660. The van der Waals surface area contributed by atoms with Crippen molar-refractivity contribution in [2.24, 2.45) is 0 Å². The molecule has 0 N–H and O–H groups in total. The summed E-state index contributed by atoms with van der Waals surface area (Å²) in [5.74, 6) is 0. The summed E-state index contributed by atoms with van der Waals surface area (Å²) in [5, 5.41) is 12.3. The first-order valence-electron chi connectivity index (χ1n) is 22.0. The molecule has 0 bridgehead atoms. The highest BCUT2D eigenvalue weighted by atomic mass is 15.1. The molecule has 2 heteroatoms. The van der Waals surface area contributed by atoms with Gasteiger partial charge in [-0.25, -0.2) is 0 Å². The molecule has 0 radical (unpaired) electrons. The Morgan fingerprint density at radius 2 is 0.641 bits per heavy atom. The summed E-state index contributed by atoms with van der Waals surface area (Å²) in [5.41, 5.74) is 11.7. The van der Waals surface area contributed by atoms with Gasteiger partial charge in [-0.05, 0) is 127 Å². The van der Waals surface area contributed by atoms with E-state index in [-0.39, 0.29) is 0 Å². The molecule has 0 aromatic heterocycles. The van der Waals surface area contributed by atoms with Crippen LogP contribution in [-0.4, -0.2) is 0 Å². The van der Waals surface area contributed by atoms with Crippen LogP contribution in [-0.2, 0) is 0 Å². The number of hydrogen-bond acceptors (Lipinski definition) is 2. The summed E-state index contributed by atoms with van der Waals surface area (Å²) in [6, 6.07) is 92.6. The number of hydrogen-bond donors (Lipinski definition) is 0. The summed E-state index contributed by atoms with van der Waals surface area (Å²) >= 11 is 0. The predicted molar refractivity (Wildman–Crippen MR) is 274 cm³/mol. The lowest BCUT2D eigenvalue weighted by atomic mass is 9.92. The highest BCUT2D eigenvalue weighted by molar-refractivity contribution is 6.12. The fraction of sp³-hybridized carbons (Fsp3) is 0. The molecule has 0 heterocycles. The van der Waals surface area contributed by atoms with Crippen LogP contribution in [0.15, 0.2) is 255 Å². The smallest absolute Gasteiger partial charge is 0.0540 e. The SMILES string of the molecule is c1ccc(N(c2ccc(-c3ccc4c(ccc5cc(-c6ccc(N(c7ccccc7)c7cccc8ccccc78)c7ccccc67)ccc54)c3)cc2)c2cccc3ccccc23)cc1. The van der Waals surface area contributed by atoms with E-state index in [1.54, 1.807) is 0 Å². The molecule has 12 aromatic carbocycles. The van der Waals surface area contributed by atoms with Crippen molar-refractivity contribution in [2.45, 2.75) is 0 Å². The minimum Gasteiger partial charge on any atom is -0.310 e. The number of para-hydroxylation sites is 2. The molecular weight excluding hydrogens is 773 g/mol. The van der Waals surface area contributed by atoms with E-state index in [0.29, 0.717) is 0 Å². The van der Waals surface area contributed by atoms with Gasteiger partial charge in [0.1, 0.15) is 0 Å². The first-order valence-corrected chi connectivity index (χ1v) is 22.0. The quantitative estimate of drug-likeness (QED) is 0.141. The maximum Gasteiger partial charge on any atom is 0.0540 e. The number of fused-ring (bicyclic) bond motifs is 6. The minimum absolute atomic E-state index is 1.12. The molecule has 0 amide bonds. The highest BCUT2D eigenvalue weighted by Gasteiger charge is 2.20. The standard InChI is InChI=1S/C62H42N2/c1-3-19-50(20-4-1)63(60-27-13-17-44-15-7-9-23-56(44)60)52-35-31-43(32-36-52)46-33-37-53-47(41-46)29-30-48-42-49(34-38-54(48)53)55-39-40-62(59-26-12-11-25-58(55)59)64(51-21-5-2-6-22-51)61-28-14-18-45-16-8-10-24-57(45)61/h1-42H. The van der Waals surface area contributed by atoms with Crippen molar-refractivity contribution in [3.8, 4) is 22.3 Å². The van der Waals surface area contributed by atoms with Gasteiger partial charge in [-0.15, -0.1) is 0 Å². The Labute approximate surface area is 373 Å². The second-order valence-corrected chi connectivity index (χ2v) is 16.5. The zero-order valence-electron chi connectivity index (χ0n) is 35.1. The monoisotopic (exact) mass is 814 g/mol. The average Bonchev–Trinajstić information content (AvgIpc) is 3.37. The molecule has 0 fully saturated rings. The van der Waals surface area contributed by atoms with Gasteiger partial charge in [-0.2, -0.15) is 0 Å². The zero-order valence-corrected chi connectivity index (χ0v) is 35.1. The van der Waals surface area contributed by atoms with Crippen LogP contribution in [0.2, 0.25) is 0 Å². The summed E-state index contributed by atoms with van der Waals surface area (Å²) in [4.78, 5) is 4.77. The van der Waals surface area contributed by atoms with Crippen molar-refractivity contribution in [2.75, 3.05) is 9.80 Å². The van der Waals surface area contributed by atoms with Crippen LogP contribution in [0.4, 0.5) is 34.1 Å². The van der Waals surface area contributed by atoms with Crippen molar-refractivity contribution in [1.82, 2.24) is 0 Å². The predicted octanol–water partition coefficient (Wildman–Crippen LogP) is 17.7. The molecule has 0 aliphatic rings. The van der Waals surface area contributed by atoms with Crippen molar-refractivity contribution >= 4 is 88.0 Å². The van der Waals surface area contributed by atoms with Gasteiger partial charge in [0.05, 0.1) is 17.1 Å². The van der Waals surface area contributed by atoms with Crippen molar-refractivity contribution in [1.29, 1.82) is 0 Å². The largest absolute Gasteiger partial charge is 0.310 e. The van der Waals surface area contributed by atoms with Gasteiger partial charge < -0.3 is 9.80 Å². The summed E-state index contributed by atoms with van der Waals surface area (Å²) in [6.45, 7) is 0. The summed E-state index contributed by atoms with van der Waals surface area (Å²) < 4.78 is 0. The molecular formula is C62H42N2. The van der Waals surface area contributed by atoms with Gasteiger partial charge >= 0.3 is 0 Å². The Balaban J connectivity index is 0.894. The molecule has 0 saturated heterocycles. The van der Waals surface area contributed by atoms with E-state index in [0.717, 1.165) is 34.1 Å². The maximum atomic E-state index is 2.41. The van der Waals surface area contributed by atoms with Gasteiger partial charge in [0.2, 0.25) is 0 Å². The van der Waals surface area contributed by atoms with E-state index in [4.69, 9.17) is 0 Å². The van der Waals surface area contributed by atoms with Gasteiger partial charge in [0.15, 0.2) is 0 Å². The highest BCUT2D eigenvalue weighted by Crippen LogP contribution is 2.45. The molecule has 0 atom stereocenters. The number of anilines is 6. The zero-order chi connectivity index (χ0) is 42.4. The first-order chi connectivity index (χ1) is 31.7. The Hall–Kier alpha value is -8.46. The lowest BCUT2D eigenvalue weighted by Gasteiger charge is -2.28. The Morgan fingerprint density at radius 3 is 1.27 bits per heavy atom. The van der Waals surface area contributed by atoms with E-state index < -0.39 is 0 Å². The summed E-state index contributed by atoms with van der Waals surface area (Å²) in [6.07, 6.45) is 0. The summed E-state index contributed by atoms with van der Waals surface area (Å²) in [7, 11) is 0. The Morgan fingerprint density at radius 1 is 0.203 bits per heavy atom. The van der Waals surface area contributed by atoms with Gasteiger partial charge in [-0.1, -0.05) is 188 Å². The third kappa shape index (κ3) is 6.52. The molecule has 300 valence electrons. The molecule has 64 heavy (non-hydrogen) atoms. The number of benzene rings is 12. The lowest BCUT2D eigenvalue weighted by molar-refractivity contribution is 1.30. The van der Waals surface area contributed by atoms with Gasteiger partial charge in [0, 0.05) is 33.2 Å². The molecule has 0 unspecified atom stereocenters. The molecule has 12 rings (SSSR count). The molecule has 0 aliphatic heterocycles. The van der Waals surface area contributed by atoms with E-state index >= 15 is 0 Å². The molecule has 12 aromatic rings. The normalized spacial score (nSPS) is 11.4. The maximum absolute atomic E-state index is 2.41. The van der Waals surface area contributed by atoms with Crippen molar-refractivity contribution in [3.05, 3.63) is 255 Å². The van der Waals surface area contributed by atoms with Crippen LogP contribution in [0.3, 0.4) is 0 Å². The van der Waals surface area contributed by atoms with Crippen LogP contribution in [0.25, 0.3) is 76.1 Å². The number of nitrogens with zero attached hydrogens (tertiary/aromatic N) is 2. The van der Waals surface area contributed by atoms with Crippen LogP contribution in [0.5, 0.6) is 0 Å². The topological polar surface area (TPSA) is 6.48 Å². The molecule has 2 nitrogen and oxygen atoms in total. The minimum atomic E-state index is 1.12. The second-order valence-electron chi connectivity index (χ2n) is 16.5. The number of rotatable bonds is 8. The van der Waals surface area contributed by atoms with Gasteiger partial charge in [-0.3, -0.25) is 0 Å².